The van der Waals surface area contributed by atoms with Gasteiger partial charge in [-0.05, 0) is 12.6 Å². The SMILES string of the molecule is CN(Cc1ccccc1)C1CC(=O)NC1=O. The molecule has 0 bridgehead atoms. The third-order valence-electron chi connectivity index (χ3n) is 2.75. The number of likely N-dealkylation sites (N-methyl/N-ethyl adjacent to an activating group) is 1. The van der Waals surface area contributed by atoms with Crippen molar-refractivity contribution in [3.8, 4) is 0 Å². The first kappa shape index (κ1) is 10.8. The molecule has 2 amide bonds. The van der Waals surface area contributed by atoms with Crippen molar-refractivity contribution in [3.05, 3.63) is 35.9 Å². The summed E-state index contributed by atoms with van der Waals surface area (Å²) in [5, 5.41) is 2.31. The lowest BCUT2D eigenvalue weighted by molar-refractivity contribution is -0.126. The molecule has 0 aromatic heterocycles. The van der Waals surface area contributed by atoms with Gasteiger partial charge in [0, 0.05) is 6.54 Å². The first-order valence-corrected chi connectivity index (χ1v) is 5.24. The zero-order chi connectivity index (χ0) is 11.5. The third-order valence-corrected chi connectivity index (χ3v) is 2.75. The topological polar surface area (TPSA) is 49.4 Å². The van der Waals surface area contributed by atoms with Crippen LogP contribution in [0.15, 0.2) is 30.3 Å². The molecule has 1 heterocycles. The summed E-state index contributed by atoms with van der Waals surface area (Å²) in [5.41, 5.74) is 1.14. The van der Waals surface area contributed by atoms with Crippen molar-refractivity contribution in [1.82, 2.24) is 10.2 Å². The maximum atomic E-state index is 11.4. The molecule has 1 N–H and O–H groups in total. The van der Waals surface area contributed by atoms with Gasteiger partial charge in [0.15, 0.2) is 0 Å². The second kappa shape index (κ2) is 4.45. The zero-order valence-corrected chi connectivity index (χ0v) is 9.14. The predicted molar refractivity (Wildman–Crippen MR) is 59.5 cm³/mol. The Kier molecular flexibility index (Phi) is 3.01. The van der Waals surface area contributed by atoms with Gasteiger partial charge in [-0.25, -0.2) is 0 Å². The van der Waals surface area contributed by atoms with Crippen LogP contribution in [0.25, 0.3) is 0 Å². The maximum absolute atomic E-state index is 11.4. The Labute approximate surface area is 94.2 Å². The van der Waals surface area contributed by atoms with Gasteiger partial charge < -0.3 is 0 Å². The highest BCUT2D eigenvalue weighted by atomic mass is 16.2. The normalized spacial score (nSPS) is 20.2. The fourth-order valence-corrected chi connectivity index (χ4v) is 1.88. The summed E-state index contributed by atoms with van der Waals surface area (Å²) in [6, 6.07) is 9.56. The Morgan fingerprint density at radius 1 is 1.31 bits per heavy atom. The van der Waals surface area contributed by atoms with E-state index in [0.29, 0.717) is 6.54 Å². The van der Waals surface area contributed by atoms with E-state index in [1.54, 1.807) is 0 Å². The van der Waals surface area contributed by atoms with Crippen LogP contribution in [0.3, 0.4) is 0 Å². The lowest BCUT2D eigenvalue weighted by atomic mass is 10.1. The van der Waals surface area contributed by atoms with E-state index in [1.165, 1.54) is 0 Å². The number of hydrogen-bond acceptors (Lipinski definition) is 3. The fourth-order valence-electron chi connectivity index (χ4n) is 1.88. The van der Waals surface area contributed by atoms with E-state index < -0.39 is 0 Å². The minimum atomic E-state index is -0.326. The number of amides is 2. The Morgan fingerprint density at radius 3 is 2.56 bits per heavy atom. The molecule has 0 spiro atoms. The number of imide groups is 1. The molecule has 1 atom stereocenters. The van der Waals surface area contributed by atoms with Gasteiger partial charge in [-0.1, -0.05) is 30.3 Å². The molecule has 1 saturated heterocycles. The van der Waals surface area contributed by atoms with Crippen LogP contribution in [0.2, 0.25) is 0 Å². The number of carbonyl (C=O) groups is 2. The summed E-state index contributed by atoms with van der Waals surface area (Å²) in [7, 11) is 1.86. The molecule has 4 heteroatoms. The highest BCUT2D eigenvalue weighted by Gasteiger charge is 2.33. The van der Waals surface area contributed by atoms with Crippen molar-refractivity contribution < 1.29 is 9.59 Å². The zero-order valence-electron chi connectivity index (χ0n) is 9.14. The van der Waals surface area contributed by atoms with Crippen molar-refractivity contribution in [2.24, 2.45) is 0 Å². The molecule has 1 unspecified atom stereocenters. The molecule has 1 fully saturated rings. The van der Waals surface area contributed by atoms with Gasteiger partial charge in [0.2, 0.25) is 11.8 Å². The van der Waals surface area contributed by atoms with Gasteiger partial charge in [0.05, 0.1) is 12.5 Å². The van der Waals surface area contributed by atoms with E-state index in [0.717, 1.165) is 5.56 Å². The largest absolute Gasteiger partial charge is 0.295 e. The molecule has 16 heavy (non-hydrogen) atoms. The van der Waals surface area contributed by atoms with Gasteiger partial charge in [0.1, 0.15) is 0 Å². The van der Waals surface area contributed by atoms with Gasteiger partial charge in [-0.3, -0.25) is 19.8 Å². The Bertz CT molecular complexity index is 403. The summed E-state index contributed by atoms with van der Waals surface area (Å²) >= 11 is 0. The molecule has 1 aromatic rings. The highest BCUT2D eigenvalue weighted by Crippen LogP contribution is 2.12. The van der Waals surface area contributed by atoms with Crippen LogP contribution < -0.4 is 5.32 Å². The average Bonchev–Trinajstić information content (AvgIpc) is 2.59. The molecule has 84 valence electrons. The molecule has 2 rings (SSSR count). The quantitative estimate of drug-likeness (QED) is 0.753. The standard InChI is InChI=1S/C12H14N2O2/c1-14(8-9-5-3-2-4-6-9)10-7-11(15)13-12(10)16/h2-6,10H,7-8H2,1H3,(H,13,15,16). The molecule has 4 nitrogen and oxygen atoms in total. The van der Waals surface area contributed by atoms with Crippen LogP contribution in [0.1, 0.15) is 12.0 Å². The van der Waals surface area contributed by atoms with Crippen LogP contribution in [-0.2, 0) is 16.1 Å². The van der Waals surface area contributed by atoms with Crippen molar-refractivity contribution >= 4 is 11.8 Å². The Hall–Kier alpha value is -1.68. The van der Waals surface area contributed by atoms with E-state index in [-0.39, 0.29) is 24.3 Å². The van der Waals surface area contributed by atoms with E-state index in [9.17, 15) is 9.59 Å². The molecule has 1 aliphatic heterocycles. The smallest absolute Gasteiger partial charge is 0.244 e. The summed E-state index contributed by atoms with van der Waals surface area (Å²) in [5.74, 6) is -0.377. The first-order valence-electron chi connectivity index (χ1n) is 5.24. The molecule has 0 aliphatic carbocycles. The van der Waals surface area contributed by atoms with Crippen LogP contribution in [0.4, 0.5) is 0 Å². The predicted octanol–water partition coefficient (Wildman–Crippen LogP) is 0.533. The van der Waals surface area contributed by atoms with Gasteiger partial charge in [-0.2, -0.15) is 0 Å². The molecule has 0 radical (unpaired) electrons. The number of rotatable bonds is 3. The second-order valence-corrected chi connectivity index (χ2v) is 4.03. The van der Waals surface area contributed by atoms with E-state index in [4.69, 9.17) is 0 Å². The van der Waals surface area contributed by atoms with Crippen molar-refractivity contribution in [2.75, 3.05) is 7.05 Å². The van der Waals surface area contributed by atoms with E-state index in [1.807, 2.05) is 42.3 Å². The Morgan fingerprint density at radius 2 is 2.00 bits per heavy atom. The summed E-state index contributed by atoms with van der Waals surface area (Å²) < 4.78 is 0. The van der Waals surface area contributed by atoms with Crippen molar-refractivity contribution in [3.63, 3.8) is 0 Å². The molecule has 0 saturated carbocycles. The average molecular weight is 218 g/mol. The lowest BCUT2D eigenvalue weighted by Gasteiger charge is -2.21. The summed E-state index contributed by atoms with van der Waals surface area (Å²) in [6.07, 6.45) is 0.266. The number of nitrogens with one attached hydrogen (secondary N) is 1. The van der Waals surface area contributed by atoms with Crippen LogP contribution >= 0.6 is 0 Å². The van der Waals surface area contributed by atoms with Crippen LogP contribution in [-0.4, -0.2) is 29.8 Å². The van der Waals surface area contributed by atoms with E-state index >= 15 is 0 Å². The lowest BCUT2D eigenvalue weighted by Crippen LogP contribution is -2.37. The minimum Gasteiger partial charge on any atom is -0.295 e. The number of carbonyl (C=O) groups excluding carboxylic acids is 2. The Balaban J connectivity index is 2.01. The molecule has 1 aromatic carbocycles. The van der Waals surface area contributed by atoms with Crippen molar-refractivity contribution in [1.29, 1.82) is 0 Å². The fraction of sp³-hybridized carbons (Fsp3) is 0.333. The number of hydrogen-bond donors (Lipinski definition) is 1. The van der Waals surface area contributed by atoms with E-state index in [2.05, 4.69) is 5.32 Å². The van der Waals surface area contributed by atoms with Gasteiger partial charge in [0.25, 0.3) is 0 Å². The summed E-state index contributed by atoms with van der Waals surface area (Å²) in [4.78, 5) is 24.4. The second-order valence-electron chi connectivity index (χ2n) is 4.03. The highest BCUT2D eigenvalue weighted by molar-refractivity contribution is 6.05. The van der Waals surface area contributed by atoms with Crippen LogP contribution in [0.5, 0.6) is 0 Å². The van der Waals surface area contributed by atoms with Crippen LogP contribution in [0, 0.1) is 0 Å². The minimum absolute atomic E-state index is 0.185. The number of nitrogens with zero attached hydrogens (tertiary/aromatic N) is 1. The third kappa shape index (κ3) is 2.28. The monoisotopic (exact) mass is 218 g/mol. The van der Waals surface area contributed by atoms with Crippen molar-refractivity contribution in [2.45, 2.75) is 19.0 Å². The molecule has 1 aliphatic rings. The number of benzene rings is 1. The molecular weight excluding hydrogens is 204 g/mol. The maximum Gasteiger partial charge on any atom is 0.244 e. The van der Waals surface area contributed by atoms with Gasteiger partial charge in [-0.15, -0.1) is 0 Å². The molecular formula is C12H14N2O2. The summed E-state index contributed by atoms with van der Waals surface area (Å²) in [6.45, 7) is 0.673. The van der Waals surface area contributed by atoms with Gasteiger partial charge >= 0.3 is 0 Å². The first-order chi connectivity index (χ1) is 7.66.